The molecule has 2 rings (SSSR count). The normalized spacial score (nSPS) is 24.4. The summed E-state index contributed by atoms with van der Waals surface area (Å²) in [7, 11) is 0. The summed E-state index contributed by atoms with van der Waals surface area (Å²) < 4.78 is 2.25. The van der Waals surface area contributed by atoms with E-state index in [9.17, 15) is 0 Å². The molecule has 0 bridgehead atoms. The maximum absolute atomic E-state index is 4.39. The van der Waals surface area contributed by atoms with Crippen LogP contribution in [0.4, 0.5) is 0 Å². The molecule has 0 radical (unpaired) electrons. The van der Waals surface area contributed by atoms with E-state index in [1.807, 2.05) is 6.20 Å². The van der Waals surface area contributed by atoms with Gasteiger partial charge in [0.2, 0.25) is 0 Å². The fraction of sp³-hybridized carbons (Fsp3) is 0.750. The van der Waals surface area contributed by atoms with Gasteiger partial charge >= 0.3 is 0 Å². The van der Waals surface area contributed by atoms with Crippen LogP contribution in [0.1, 0.15) is 38.9 Å². The van der Waals surface area contributed by atoms with Crippen molar-refractivity contribution in [1.29, 1.82) is 0 Å². The molecule has 1 heterocycles. The lowest BCUT2D eigenvalue weighted by Crippen LogP contribution is -2.20. The lowest BCUT2D eigenvalue weighted by molar-refractivity contribution is 0.566. The van der Waals surface area contributed by atoms with Gasteiger partial charge in [-0.3, -0.25) is 0 Å². The van der Waals surface area contributed by atoms with E-state index in [4.69, 9.17) is 0 Å². The average molecular weight is 207 g/mol. The van der Waals surface area contributed by atoms with Crippen LogP contribution in [-0.4, -0.2) is 15.6 Å². The number of hydrogen-bond acceptors (Lipinski definition) is 2. The van der Waals surface area contributed by atoms with Crippen molar-refractivity contribution in [1.82, 2.24) is 14.9 Å². The van der Waals surface area contributed by atoms with Gasteiger partial charge in [-0.25, -0.2) is 4.98 Å². The Bertz CT molecular complexity index is 306. The molecule has 1 fully saturated rings. The summed E-state index contributed by atoms with van der Waals surface area (Å²) in [6.07, 6.45) is 7.80. The molecule has 1 aliphatic rings. The summed E-state index contributed by atoms with van der Waals surface area (Å²) >= 11 is 0. The van der Waals surface area contributed by atoms with E-state index in [1.54, 1.807) is 0 Å². The summed E-state index contributed by atoms with van der Waals surface area (Å²) in [4.78, 5) is 4.39. The first-order valence-corrected chi connectivity index (χ1v) is 6.08. The monoisotopic (exact) mass is 207 g/mol. The van der Waals surface area contributed by atoms with Crippen LogP contribution in [-0.2, 0) is 13.1 Å². The van der Waals surface area contributed by atoms with Gasteiger partial charge in [-0.15, -0.1) is 0 Å². The van der Waals surface area contributed by atoms with Crippen LogP contribution in [0, 0.1) is 5.92 Å². The van der Waals surface area contributed by atoms with E-state index in [0.717, 1.165) is 25.0 Å². The fourth-order valence-electron chi connectivity index (χ4n) is 2.12. The third kappa shape index (κ3) is 2.59. The number of nitrogens with zero attached hydrogens (tertiary/aromatic N) is 2. The van der Waals surface area contributed by atoms with Crippen LogP contribution in [0.3, 0.4) is 0 Å². The first kappa shape index (κ1) is 10.7. The molecule has 0 aromatic carbocycles. The van der Waals surface area contributed by atoms with Crippen molar-refractivity contribution in [2.24, 2.45) is 5.92 Å². The Balaban J connectivity index is 1.80. The fourth-order valence-corrected chi connectivity index (χ4v) is 2.12. The van der Waals surface area contributed by atoms with Crippen LogP contribution in [0.5, 0.6) is 0 Å². The maximum Gasteiger partial charge on any atom is 0.122 e. The Morgan fingerprint density at radius 2 is 2.40 bits per heavy atom. The van der Waals surface area contributed by atoms with E-state index in [2.05, 4.69) is 34.9 Å². The molecule has 15 heavy (non-hydrogen) atoms. The van der Waals surface area contributed by atoms with Gasteiger partial charge in [0.15, 0.2) is 0 Å². The van der Waals surface area contributed by atoms with Gasteiger partial charge < -0.3 is 9.88 Å². The molecule has 84 valence electrons. The van der Waals surface area contributed by atoms with Gasteiger partial charge in [0, 0.05) is 25.0 Å². The molecular formula is C12H21N3. The van der Waals surface area contributed by atoms with Crippen molar-refractivity contribution in [3.63, 3.8) is 0 Å². The summed E-state index contributed by atoms with van der Waals surface area (Å²) in [6.45, 7) is 6.47. The molecule has 0 amide bonds. The summed E-state index contributed by atoms with van der Waals surface area (Å²) in [6, 6.07) is 0.752. The molecule has 0 spiro atoms. The highest BCUT2D eigenvalue weighted by Crippen LogP contribution is 2.33. The summed E-state index contributed by atoms with van der Waals surface area (Å²) in [5.41, 5.74) is 0. The van der Waals surface area contributed by atoms with Gasteiger partial charge in [-0.05, 0) is 18.8 Å². The molecule has 1 saturated carbocycles. The van der Waals surface area contributed by atoms with Crippen molar-refractivity contribution in [2.75, 3.05) is 0 Å². The van der Waals surface area contributed by atoms with E-state index < -0.39 is 0 Å². The van der Waals surface area contributed by atoms with E-state index in [-0.39, 0.29) is 0 Å². The molecule has 0 saturated heterocycles. The second-order valence-electron chi connectivity index (χ2n) is 4.43. The van der Waals surface area contributed by atoms with Gasteiger partial charge in [0.25, 0.3) is 0 Å². The van der Waals surface area contributed by atoms with Crippen molar-refractivity contribution < 1.29 is 0 Å². The number of aryl methyl sites for hydroxylation is 1. The molecular weight excluding hydrogens is 186 g/mol. The van der Waals surface area contributed by atoms with Crippen molar-refractivity contribution in [2.45, 2.75) is 52.2 Å². The Labute approximate surface area is 91.9 Å². The predicted octanol–water partition coefficient (Wildman–Crippen LogP) is 2.18. The van der Waals surface area contributed by atoms with Crippen LogP contribution in [0.25, 0.3) is 0 Å². The molecule has 1 aliphatic carbocycles. The molecule has 1 aromatic rings. The van der Waals surface area contributed by atoms with E-state index in [1.165, 1.54) is 25.1 Å². The number of rotatable bonds is 6. The summed E-state index contributed by atoms with van der Waals surface area (Å²) in [5, 5.41) is 3.58. The second-order valence-corrected chi connectivity index (χ2v) is 4.43. The lowest BCUT2D eigenvalue weighted by atomic mass is 10.3. The van der Waals surface area contributed by atoms with Crippen LogP contribution >= 0.6 is 0 Å². The number of imidazole rings is 1. The third-order valence-electron chi connectivity index (χ3n) is 3.24. The Morgan fingerprint density at radius 1 is 1.53 bits per heavy atom. The molecule has 3 heteroatoms. The zero-order chi connectivity index (χ0) is 10.7. The Morgan fingerprint density at radius 3 is 3.07 bits per heavy atom. The van der Waals surface area contributed by atoms with Crippen molar-refractivity contribution in [3.8, 4) is 0 Å². The number of nitrogens with one attached hydrogen (secondary N) is 1. The topological polar surface area (TPSA) is 29.9 Å². The van der Waals surface area contributed by atoms with Gasteiger partial charge in [0.1, 0.15) is 5.82 Å². The molecule has 1 N–H and O–H groups in total. The summed E-state index contributed by atoms with van der Waals surface area (Å²) in [5.74, 6) is 2.10. The minimum absolute atomic E-state index is 0.752. The first-order valence-electron chi connectivity index (χ1n) is 6.08. The molecule has 2 atom stereocenters. The van der Waals surface area contributed by atoms with Gasteiger partial charge in [-0.2, -0.15) is 0 Å². The minimum atomic E-state index is 0.752. The highest BCUT2D eigenvalue weighted by Gasteiger charge is 2.34. The number of aromatic nitrogens is 2. The van der Waals surface area contributed by atoms with Crippen LogP contribution < -0.4 is 5.32 Å². The zero-order valence-corrected chi connectivity index (χ0v) is 9.74. The lowest BCUT2D eigenvalue weighted by Gasteiger charge is -2.07. The van der Waals surface area contributed by atoms with Gasteiger partial charge in [0.05, 0.1) is 6.54 Å². The highest BCUT2D eigenvalue weighted by molar-refractivity contribution is 4.97. The predicted molar refractivity (Wildman–Crippen MR) is 61.5 cm³/mol. The third-order valence-corrected chi connectivity index (χ3v) is 3.24. The Kier molecular flexibility index (Phi) is 3.41. The Hall–Kier alpha value is -0.830. The molecule has 0 aliphatic heterocycles. The smallest absolute Gasteiger partial charge is 0.122 e. The largest absolute Gasteiger partial charge is 0.334 e. The molecule has 3 nitrogen and oxygen atoms in total. The number of hydrogen-bond donors (Lipinski definition) is 1. The standard InChI is InChI=1S/C12H21N3/c1-3-6-15-7-5-13-12(15)9-14-11-8-10(11)4-2/h5,7,10-11,14H,3-4,6,8-9H2,1-2H3. The second kappa shape index (κ2) is 4.79. The minimum Gasteiger partial charge on any atom is -0.334 e. The van der Waals surface area contributed by atoms with Crippen molar-refractivity contribution in [3.05, 3.63) is 18.2 Å². The molecule has 1 aromatic heterocycles. The quantitative estimate of drug-likeness (QED) is 0.775. The van der Waals surface area contributed by atoms with E-state index in [0.29, 0.717) is 0 Å². The highest BCUT2D eigenvalue weighted by atomic mass is 15.1. The van der Waals surface area contributed by atoms with Crippen LogP contribution in [0.2, 0.25) is 0 Å². The average Bonchev–Trinajstić information content (AvgIpc) is 2.88. The van der Waals surface area contributed by atoms with Crippen molar-refractivity contribution >= 4 is 0 Å². The maximum atomic E-state index is 4.39. The first-order chi connectivity index (χ1) is 7.35. The van der Waals surface area contributed by atoms with Gasteiger partial charge in [-0.1, -0.05) is 20.3 Å². The SMILES string of the molecule is CCCn1ccnc1CNC1CC1CC. The molecule has 2 unspecified atom stereocenters. The zero-order valence-electron chi connectivity index (χ0n) is 9.74. The van der Waals surface area contributed by atoms with Crippen LogP contribution in [0.15, 0.2) is 12.4 Å². The van der Waals surface area contributed by atoms with E-state index >= 15 is 0 Å².